The summed E-state index contributed by atoms with van der Waals surface area (Å²) in [6, 6.07) is 14.1. The predicted octanol–water partition coefficient (Wildman–Crippen LogP) is 6.07. The fourth-order valence-electron chi connectivity index (χ4n) is 3.93. The topological polar surface area (TPSA) is 15.3 Å². The van der Waals surface area contributed by atoms with E-state index in [0.29, 0.717) is 6.04 Å². The molecule has 3 rings (SSSR count). The lowest BCUT2D eigenvalue weighted by atomic mass is 9.95. The Bertz CT molecular complexity index is 760. The predicted molar refractivity (Wildman–Crippen MR) is 113 cm³/mol. The molecule has 2 aromatic carbocycles. The van der Waals surface area contributed by atoms with Crippen molar-refractivity contribution in [3.8, 4) is 11.1 Å². The third-order valence-electron chi connectivity index (χ3n) is 5.57. The molecular formula is C24H29F3N2. The summed E-state index contributed by atoms with van der Waals surface area (Å²) in [4.78, 5) is 2.54. The van der Waals surface area contributed by atoms with Gasteiger partial charge in [-0.2, -0.15) is 13.2 Å². The minimum Gasteiger partial charge on any atom is -0.314 e. The van der Waals surface area contributed by atoms with Gasteiger partial charge in [-0.05, 0) is 48.1 Å². The minimum atomic E-state index is -4.30. The van der Waals surface area contributed by atoms with E-state index in [9.17, 15) is 13.2 Å². The van der Waals surface area contributed by atoms with E-state index in [1.165, 1.54) is 5.56 Å². The second-order valence-electron chi connectivity index (χ2n) is 7.57. The summed E-state index contributed by atoms with van der Waals surface area (Å²) in [7, 11) is 0. The zero-order valence-corrected chi connectivity index (χ0v) is 16.7. The highest BCUT2D eigenvalue weighted by atomic mass is 19.4. The Morgan fingerprint density at radius 1 is 0.931 bits per heavy atom. The number of allylic oxidation sites excluding steroid dienone is 1. The summed E-state index contributed by atoms with van der Waals surface area (Å²) in [5.74, 6) is 0. The van der Waals surface area contributed by atoms with Gasteiger partial charge in [-0.3, -0.25) is 4.90 Å². The Morgan fingerprint density at radius 2 is 1.52 bits per heavy atom. The van der Waals surface area contributed by atoms with E-state index in [1.807, 2.05) is 18.2 Å². The van der Waals surface area contributed by atoms with Crippen molar-refractivity contribution in [2.45, 2.75) is 37.9 Å². The fraction of sp³-hybridized carbons (Fsp3) is 0.417. The Balaban J connectivity index is 1.74. The van der Waals surface area contributed by atoms with Gasteiger partial charge in [0, 0.05) is 32.2 Å². The van der Waals surface area contributed by atoms with Gasteiger partial charge in [-0.25, -0.2) is 0 Å². The molecule has 1 atom stereocenters. The number of hydrogen-bond acceptors (Lipinski definition) is 2. The maximum absolute atomic E-state index is 12.8. The number of nitrogens with one attached hydrogen (secondary N) is 1. The van der Waals surface area contributed by atoms with Crippen molar-refractivity contribution in [2.75, 3.05) is 26.2 Å². The van der Waals surface area contributed by atoms with Crippen LogP contribution in [0.3, 0.4) is 0 Å². The largest absolute Gasteiger partial charge is 0.416 e. The molecule has 2 nitrogen and oxygen atoms in total. The highest BCUT2D eigenvalue weighted by molar-refractivity contribution is 5.64. The number of nitrogens with zero attached hydrogens (tertiary/aromatic N) is 1. The summed E-state index contributed by atoms with van der Waals surface area (Å²) in [6.45, 7) is 7.88. The number of benzene rings is 2. The number of piperazine rings is 1. The van der Waals surface area contributed by atoms with Crippen molar-refractivity contribution in [3.05, 3.63) is 72.3 Å². The number of alkyl halides is 3. The Kier molecular flexibility index (Phi) is 7.51. The molecule has 0 aliphatic carbocycles. The molecular weight excluding hydrogens is 373 g/mol. The molecule has 1 N–H and O–H groups in total. The van der Waals surface area contributed by atoms with Gasteiger partial charge in [0.15, 0.2) is 0 Å². The van der Waals surface area contributed by atoms with E-state index in [2.05, 4.69) is 28.9 Å². The first-order valence-corrected chi connectivity index (χ1v) is 10.3. The highest BCUT2D eigenvalue weighted by Gasteiger charge is 2.30. The molecule has 1 aliphatic heterocycles. The number of halogens is 3. The van der Waals surface area contributed by atoms with Gasteiger partial charge in [-0.15, -0.1) is 6.58 Å². The number of rotatable bonds is 8. The Labute approximate surface area is 171 Å². The van der Waals surface area contributed by atoms with Gasteiger partial charge in [0.2, 0.25) is 0 Å². The zero-order chi connectivity index (χ0) is 20.7. The van der Waals surface area contributed by atoms with Crippen LogP contribution < -0.4 is 5.32 Å². The van der Waals surface area contributed by atoms with E-state index in [4.69, 9.17) is 0 Å². The van der Waals surface area contributed by atoms with E-state index in [-0.39, 0.29) is 0 Å². The van der Waals surface area contributed by atoms with Gasteiger partial charge in [0.05, 0.1) is 5.56 Å². The second kappa shape index (κ2) is 10.1. The molecule has 0 radical (unpaired) electrons. The average Bonchev–Trinajstić information content (AvgIpc) is 2.74. The third-order valence-corrected chi connectivity index (χ3v) is 5.57. The Morgan fingerprint density at radius 3 is 2.07 bits per heavy atom. The van der Waals surface area contributed by atoms with Crippen molar-refractivity contribution in [2.24, 2.45) is 0 Å². The molecule has 156 valence electrons. The fourth-order valence-corrected chi connectivity index (χ4v) is 3.93. The third kappa shape index (κ3) is 5.94. The van der Waals surface area contributed by atoms with Gasteiger partial charge in [-0.1, -0.05) is 48.9 Å². The van der Waals surface area contributed by atoms with Gasteiger partial charge < -0.3 is 5.32 Å². The minimum absolute atomic E-state index is 0.378. The van der Waals surface area contributed by atoms with E-state index in [1.54, 1.807) is 12.1 Å². The van der Waals surface area contributed by atoms with Crippen molar-refractivity contribution < 1.29 is 13.2 Å². The Hall–Kier alpha value is -2.11. The lowest BCUT2D eigenvalue weighted by Crippen LogP contribution is -2.45. The van der Waals surface area contributed by atoms with Crippen LogP contribution in [-0.4, -0.2) is 31.1 Å². The van der Waals surface area contributed by atoms with Crippen LogP contribution in [0.2, 0.25) is 0 Å². The zero-order valence-electron chi connectivity index (χ0n) is 16.7. The standard InChI is InChI=1S/C24H29F3N2/c1-2-3-4-5-6-23(29-17-15-28-16-18-29)21-9-7-19(8-10-21)20-11-13-22(14-12-20)24(25,26)27/h2,7-14,23,28H,1,3-6,15-18H2/t23-/m0/s1. The second-order valence-corrected chi connectivity index (χ2v) is 7.57. The molecule has 0 unspecified atom stereocenters. The molecule has 0 amide bonds. The van der Waals surface area contributed by atoms with E-state index >= 15 is 0 Å². The molecule has 1 saturated heterocycles. The maximum Gasteiger partial charge on any atom is 0.416 e. The molecule has 1 heterocycles. The van der Waals surface area contributed by atoms with Crippen LogP contribution in [0.1, 0.15) is 42.9 Å². The van der Waals surface area contributed by atoms with Crippen molar-refractivity contribution in [3.63, 3.8) is 0 Å². The first kappa shape index (κ1) is 21.6. The van der Waals surface area contributed by atoms with Crippen LogP contribution in [0.25, 0.3) is 11.1 Å². The number of unbranched alkanes of at least 4 members (excludes halogenated alkanes) is 2. The molecule has 2 aromatic rings. The number of hydrogen-bond donors (Lipinski definition) is 1. The van der Waals surface area contributed by atoms with Crippen LogP contribution >= 0.6 is 0 Å². The average molecular weight is 403 g/mol. The summed E-state index contributed by atoms with van der Waals surface area (Å²) in [5, 5.41) is 3.41. The van der Waals surface area contributed by atoms with Crippen LogP contribution in [0.5, 0.6) is 0 Å². The molecule has 0 aromatic heterocycles. The summed E-state index contributed by atoms with van der Waals surface area (Å²) in [6.07, 6.45) is 2.12. The molecule has 5 heteroatoms. The van der Waals surface area contributed by atoms with Gasteiger partial charge >= 0.3 is 6.18 Å². The molecule has 29 heavy (non-hydrogen) atoms. The van der Waals surface area contributed by atoms with E-state index < -0.39 is 11.7 Å². The first-order chi connectivity index (χ1) is 14.0. The molecule has 0 spiro atoms. The summed E-state index contributed by atoms with van der Waals surface area (Å²) in [5.41, 5.74) is 2.40. The van der Waals surface area contributed by atoms with Crippen molar-refractivity contribution >= 4 is 0 Å². The smallest absolute Gasteiger partial charge is 0.314 e. The monoisotopic (exact) mass is 402 g/mol. The van der Waals surface area contributed by atoms with Crippen LogP contribution in [-0.2, 0) is 6.18 Å². The van der Waals surface area contributed by atoms with Crippen LogP contribution in [0.4, 0.5) is 13.2 Å². The molecule has 0 bridgehead atoms. The van der Waals surface area contributed by atoms with E-state index in [0.717, 1.165) is 75.1 Å². The highest BCUT2D eigenvalue weighted by Crippen LogP contribution is 2.32. The molecule has 1 fully saturated rings. The first-order valence-electron chi connectivity index (χ1n) is 10.3. The normalized spacial score (nSPS) is 16.5. The summed E-state index contributed by atoms with van der Waals surface area (Å²) < 4.78 is 38.3. The van der Waals surface area contributed by atoms with Crippen molar-refractivity contribution in [1.29, 1.82) is 0 Å². The van der Waals surface area contributed by atoms with Gasteiger partial charge in [0.25, 0.3) is 0 Å². The van der Waals surface area contributed by atoms with Crippen LogP contribution in [0.15, 0.2) is 61.2 Å². The van der Waals surface area contributed by atoms with Crippen LogP contribution in [0, 0.1) is 0 Å². The lowest BCUT2D eigenvalue weighted by Gasteiger charge is -2.35. The quantitative estimate of drug-likeness (QED) is 0.426. The van der Waals surface area contributed by atoms with Gasteiger partial charge in [0.1, 0.15) is 0 Å². The summed E-state index contributed by atoms with van der Waals surface area (Å²) >= 11 is 0. The lowest BCUT2D eigenvalue weighted by molar-refractivity contribution is -0.137. The maximum atomic E-state index is 12.8. The molecule has 1 aliphatic rings. The van der Waals surface area contributed by atoms with Crippen molar-refractivity contribution in [1.82, 2.24) is 10.2 Å². The molecule has 0 saturated carbocycles. The SMILES string of the molecule is C=CCCCC[C@@H](c1ccc(-c2ccc(C(F)(F)F)cc2)cc1)N1CCNCC1.